The zero-order valence-corrected chi connectivity index (χ0v) is 18.5. The molecule has 4 rings (SSSR count). The van der Waals surface area contributed by atoms with E-state index in [0.717, 1.165) is 24.6 Å². The molecule has 3 fully saturated rings. The molecule has 4 nitrogen and oxygen atoms in total. The van der Waals surface area contributed by atoms with E-state index in [1.54, 1.807) is 0 Å². The summed E-state index contributed by atoms with van der Waals surface area (Å²) in [5.41, 5.74) is 2.73. The number of piperidine rings is 2. The molecular weight excluding hydrogens is 358 g/mol. The molecule has 2 heterocycles. The highest BCUT2D eigenvalue weighted by Gasteiger charge is 2.39. The second-order valence-corrected chi connectivity index (χ2v) is 10.0. The molecule has 0 unspecified atom stereocenters. The Morgan fingerprint density at radius 1 is 1.03 bits per heavy atom. The van der Waals surface area contributed by atoms with Crippen LogP contribution < -0.4 is 5.32 Å². The van der Waals surface area contributed by atoms with E-state index in [-0.39, 0.29) is 11.9 Å². The van der Waals surface area contributed by atoms with Gasteiger partial charge in [0.1, 0.15) is 0 Å². The van der Waals surface area contributed by atoms with Gasteiger partial charge in [0, 0.05) is 24.2 Å². The van der Waals surface area contributed by atoms with E-state index in [2.05, 4.69) is 27.2 Å². The molecule has 0 bridgehead atoms. The third kappa shape index (κ3) is 5.21. The third-order valence-corrected chi connectivity index (χ3v) is 7.72. The van der Waals surface area contributed by atoms with Crippen LogP contribution in [0, 0.1) is 5.41 Å². The number of carbonyl (C=O) groups is 1. The van der Waals surface area contributed by atoms with Gasteiger partial charge in [0.2, 0.25) is 0 Å². The Balaban J connectivity index is 1.19. The van der Waals surface area contributed by atoms with Gasteiger partial charge in [-0.05, 0) is 108 Å². The van der Waals surface area contributed by atoms with Crippen molar-refractivity contribution in [3.05, 3.63) is 35.4 Å². The molecule has 0 radical (unpaired) electrons. The van der Waals surface area contributed by atoms with Crippen molar-refractivity contribution in [3.63, 3.8) is 0 Å². The molecule has 1 spiro atoms. The molecule has 1 aliphatic carbocycles. The van der Waals surface area contributed by atoms with Gasteiger partial charge in [-0.25, -0.2) is 0 Å². The highest BCUT2D eigenvalue weighted by Crippen LogP contribution is 2.42. The molecule has 1 amide bonds. The maximum Gasteiger partial charge on any atom is 0.251 e. The van der Waals surface area contributed by atoms with Crippen LogP contribution in [-0.4, -0.2) is 60.5 Å². The number of nitrogens with zero attached hydrogens (tertiary/aromatic N) is 2. The van der Waals surface area contributed by atoms with Crippen LogP contribution in [0.3, 0.4) is 0 Å². The molecule has 160 valence electrons. The molecule has 1 aromatic rings. The smallest absolute Gasteiger partial charge is 0.251 e. The first-order chi connectivity index (χ1) is 14.0. The van der Waals surface area contributed by atoms with Crippen LogP contribution in [0.2, 0.25) is 0 Å². The summed E-state index contributed by atoms with van der Waals surface area (Å²) in [5, 5.41) is 2.96. The minimum Gasteiger partial charge on any atom is -0.350 e. The van der Waals surface area contributed by atoms with E-state index in [4.69, 9.17) is 0 Å². The zero-order chi connectivity index (χ0) is 20.3. The Morgan fingerprint density at radius 3 is 2.21 bits per heavy atom. The maximum absolute atomic E-state index is 12.1. The molecule has 2 saturated heterocycles. The average molecular weight is 398 g/mol. The predicted octanol–water partition coefficient (Wildman–Crippen LogP) is 4.10. The number of carbonyl (C=O) groups excluding carboxylic acids is 1. The lowest BCUT2D eigenvalue weighted by molar-refractivity contribution is 0.00542. The van der Waals surface area contributed by atoms with Crippen LogP contribution in [0.25, 0.3) is 0 Å². The monoisotopic (exact) mass is 397 g/mol. The Hall–Kier alpha value is -1.39. The summed E-state index contributed by atoms with van der Waals surface area (Å²) in [6, 6.07) is 9.28. The molecule has 0 atom stereocenters. The van der Waals surface area contributed by atoms with Gasteiger partial charge < -0.3 is 15.1 Å². The quantitative estimate of drug-likeness (QED) is 0.785. The molecule has 0 aromatic heterocycles. The average Bonchev–Trinajstić information content (AvgIpc) is 2.68. The van der Waals surface area contributed by atoms with Crippen LogP contribution in [-0.2, 0) is 6.42 Å². The molecule has 1 N–H and O–H groups in total. The lowest BCUT2D eigenvalue weighted by atomic mass is 9.70. The van der Waals surface area contributed by atoms with Crippen molar-refractivity contribution in [1.82, 2.24) is 15.1 Å². The van der Waals surface area contributed by atoms with Crippen LogP contribution in [0.4, 0.5) is 0 Å². The number of hydrogen-bond donors (Lipinski definition) is 1. The fourth-order valence-electron chi connectivity index (χ4n) is 5.32. The third-order valence-electron chi connectivity index (χ3n) is 7.72. The van der Waals surface area contributed by atoms with Crippen molar-refractivity contribution in [3.8, 4) is 0 Å². The van der Waals surface area contributed by atoms with Gasteiger partial charge in [-0.1, -0.05) is 18.6 Å². The second kappa shape index (κ2) is 9.18. The Kier molecular flexibility index (Phi) is 6.60. The fraction of sp³-hybridized carbons (Fsp3) is 0.720. The lowest BCUT2D eigenvalue weighted by Crippen LogP contribution is -2.51. The van der Waals surface area contributed by atoms with Gasteiger partial charge in [-0.15, -0.1) is 0 Å². The van der Waals surface area contributed by atoms with Crippen LogP contribution >= 0.6 is 0 Å². The van der Waals surface area contributed by atoms with Crippen molar-refractivity contribution in [2.24, 2.45) is 5.41 Å². The van der Waals surface area contributed by atoms with Crippen molar-refractivity contribution >= 4 is 5.91 Å². The largest absolute Gasteiger partial charge is 0.350 e. The van der Waals surface area contributed by atoms with Gasteiger partial charge in [0.05, 0.1) is 0 Å². The van der Waals surface area contributed by atoms with Gasteiger partial charge in [-0.2, -0.15) is 0 Å². The molecule has 1 saturated carbocycles. The summed E-state index contributed by atoms with van der Waals surface area (Å²) in [6.45, 7) is 10.3. The minimum atomic E-state index is 0.0243. The Labute approximate surface area is 177 Å². The second-order valence-electron chi connectivity index (χ2n) is 10.0. The summed E-state index contributed by atoms with van der Waals surface area (Å²) in [4.78, 5) is 17.5. The Morgan fingerprint density at radius 2 is 1.66 bits per heavy atom. The van der Waals surface area contributed by atoms with Crippen molar-refractivity contribution in [2.75, 3.05) is 32.7 Å². The lowest BCUT2D eigenvalue weighted by Gasteiger charge is -2.50. The van der Waals surface area contributed by atoms with Gasteiger partial charge in [-0.3, -0.25) is 4.79 Å². The van der Waals surface area contributed by atoms with Gasteiger partial charge >= 0.3 is 0 Å². The van der Waals surface area contributed by atoms with E-state index in [1.807, 2.05) is 26.0 Å². The van der Waals surface area contributed by atoms with Gasteiger partial charge in [0.25, 0.3) is 5.91 Å². The van der Waals surface area contributed by atoms with Crippen molar-refractivity contribution in [2.45, 2.75) is 77.3 Å². The first kappa shape index (κ1) is 20.9. The van der Waals surface area contributed by atoms with E-state index in [0.29, 0.717) is 5.41 Å². The number of hydrogen-bond acceptors (Lipinski definition) is 3. The Bertz CT molecular complexity index is 662. The highest BCUT2D eigenvalue weighted by molar-refractivity contribution is 5.94. The van der Waals surface area contributed by atoms with Gasteiger partial charge in [0.15, 0.2) is 0 Å². The van der Waals surface area contributed by atoms with E-state index < -0.39 is 0 Å². The molecule has 1 aromatic carbocycles. The fourth-order valence-corrected chi connectivity index (χ4v) is 5.32. The van der Waals surface area contributed by atoms with Crippen LogP contribution in [0.15, 0.2) is 24.3 Å². The first-order valence-corrected chi connectivity index (χ1v) is 11.9. The normalized spacial score (nSPS) is 23.3. The number of amides is 1. The number of likely N-dealkylation sites (tertiary alicyclic amines) is 2. The van der Waals surface area contributed by atoms with Crippen molar-refractivity contribution in [1.29, 1.82) is 0 Å². The standard InChI is InChI=1S/C25H39N3O/c1-20(2)26-24(29)22-8-6-21(7-9-22)10-15-27-16-11-25(12-17-27)13-18-28(19-14-25)23-4-3-5-23/h6-9,20,23H,3-5,10-19H2,1-2H3,(H,26,29). The number of nitrogens with one attached hydrogen (secondary N) is 1. The predicted molar refractivity (Wildman–Crippen MR) is 119 cm³/mol. The van der Waals surface area contributed by atoms with E-state index >= 15 is 0 Å². The minimum absolute atomic E-state index is 0.0243. The van der Waals surface area contributed by atoms with Crippen LogP contribution in [0.5, 0.6) is 0 Å². The first-order valence-electron chi connectivity index (χ1n) is 11.9. The SMILES string of the molecule is CC(C)NC(=O)c1ccc(CCN2CCC3(CC2)CCN(C2CCC2)CC3)cc1. The summed E-state index contributed by atoms with van der Waals surface area (Å²) in [6.07, 6.45) is 11.1. The molecule has 2 aliphatic heterocycles. The highest BCUT2D eigenvalue weighted by atomic mass is 16.1. The zero-order valence-electron chi connectivity index (χ0n) is 18.5. The number of rotatable bonds is 6. The maximum atomic E-state index is 12.1. The molecular formula is C25H39N3O. The molecule has 4 heteroatoms. The van der Waals surface area contributed by atoms with E-state index in [9.17, 15) is 4.79 Å². The van der Waals surface area contributed by atoms with E-state index in [1.165, 1.54) is 76.7 Å². The topological polar surface area (TPSA) is 35.6 Å². The summed E-state index contributed by atoms with van der Waals surface area (Å²) >= 11 is 0. The van der Waals surface area contributed by atoms with Crippen LogP contribution in [0.1, 0.15) is 74.7 Å². The summed E-state index contributed by atoms with van der Waals surface area (Å²) in [7, 11) is 0. The molecule has 3 aliphatic rings. The molecule has 29 heavy (non-hydrogen) atoms. The summed E-state index contributed by atoms with van der Waals surface area (Å²) in [5.74, 6) is 0.0243. The number of benzene rings is 1. The van der Waals surface area contributed by atoms with Crippen molar-refractivity contribution < 1.29 is 4.79 Å². The summed E-state index contributed by atoms with van der Waals surface area (Å²) < 4.78 is 0.